The van der Waals surface area contributed by atoms with Crippen LogP contribution in [-0.4, -0.2) is 9.67 Å². The van der Waals surface area contributed by atoms with Crippen LogP contribution in [0.4, 0.5) is 0 Å². The number of halogens is 1. The average Bonchev–Trinajstić information content (AvgIpc) is 2.52. The molecule has 0 aliphatic heterocycles. The molecule has 0 saturated heterocycles. The number of imidazole rings is 1. The van der Waals surface area contributed by atoms with E-state index in [0.29, 0.717) is 0 Å². The summed E-state index contributed by atoms with van der Waals surface area (Å²) in [6, 6.07) is 7.15. The summed E-state index contributed by atoms with van der Waals surface area (Å²) in [5, 5.41) is 9.26. The highest BCUT2D eigenvalue weighted by Crippen LogP contribution is 2.13. The van der Waals surface area contributed by atoms with Crippen molar-refractivity contribution in [1.82, 2.24) is 4.57 Å². The zero-order valence-corrected chi connectivity index (χ0v) is 10.1. The van der Waals surface area contributed by atoms with Crippen molar-refractivity contribution in [3.05, 3.63) is 43.0 Å². The van der Waals surface area contributed by atoms with E-state index < -0.39 is 0 Å². The van der Waals surface area contributed by atoms with Crippen molar-refractivity contribution in [2.75, 3.05) is 0 Å². The van der Waals surface area contributed by atoms with Crippen LogP contribution in [0, 0.1) is 0 Å². The fraction of sp³-hybridized carbons (Fsp3) is 0.100. The molecule has 2 rings (SSSR count). The summed E-state index contributed by atoms with van der Waals surface area (Å²) < 4.78 is 3.89. The molecule has 3 nitrogen and oxygen atoms in total. The molecule has 0 bridgehead atoms. The van der Waals surface area contributed by atoms with E-state index in [4.69, 9.17) is 0 Å². The van der Waals surface area contributed by atoms with E-state index in [1.165, 1.54) is 0 Å². The van der Waals surface area contributed by atoms with Crippen LogP contribution >= 0.6 is 24.0 Å². The number of phenolic OH excluding ortho intramolecular Hbond substituents is 1. The fourth-order valence-corrected chi connectivity index (χ4v) is 1.26. The van der Waals surface area contributed by atoms with Gasteiger partial charge in [0.25, 0.3) is 0 Å². The first-order valence-electron chi connectivity index (χ1n) is 4.08. The summed E-state index contributed by atoms with van der Waals surface area (Å²) in [4.78, 5) is 0. The third kappa shape index (κ3) is 2.25. The number of aromatic hydroxyl groups is 1. The molecule has 0 saturated carbocycles. The predicted molar refractivity (Wildman–Crippen MR) is 64.0 cm³/mol. The van der Waals surface area contributed by atoms with E-state index >= 15 is 0 Å². The minimum Gasteiger partial charge on any atom is -0.508 e. The molecule has 0 unspecified atom stereocenters. The second kappa shape index (κ2) is 4.45. The summed E-state index contributed by atoms with van der Waals surface area (Å²) in [6.07, 6.45) is 5.83. The normalized spacial score (nSPS) is 9.50. The lowest BCUT2D eigenvalue weighted by Crippen LogP contribution is -2.23. The van der Waals surface area contributed by atoms with Gasteiger partial charge in [-0.25, -0.2) is 9.13 Å². The number of rotatable bonds is 1. The molecule has 0 radical (unpaired) electrons. The molecule has 0 atom stereocenters. The summed E-state index contributed by atoms with van der Waals surface area (Å²) in [7, 11) is 1.96. The van der Waals surface area contributed by atoms with Gasteiger partial charge < -0.3 is 5.11 Å². The summed E-state index contributed by atoms with van der Waals surface area (Å²) in [6.45, 7) is 0. The monoisotopic (exact) mass is 303 g/mol. The molecule has 1 N–H and O–H groups in total. The zero-order chi connectivity index (χ0) is 9.26. The highest BCUT2D eigenvalue weighted by Gasteiger charge is 2.03. The van der Waals surface area contributed by atoms with Gasteiger partial charge in [0.15, 0.2) is 0 Å². The van der Waals surface area contributed by atoms with Crippen molar-refractivity contribution < 1.29 is 9.67 Å². The first kappa shape index (κ1) is 11.0. The van der Waals surface area contributed by atoms with Crippen LogP contribution in [-0.2, 0) is 7.05 Å². The molecule has 14 heavy (non-hydrogen) atoms. The topological polar surface area (TPSA) is 29.0 Å². The lowest BCUT2D eigenvalue weighted by atomic mass is 10.3. The van der Waals surface area contributed by atoms with Gasteiger partial charge in [-0.05, 0) is 12.1 Å². The van der Waals surface area contributed by atoms with Crippen molar-refractivity contribution in [2.45, 2.75) is 0 Å². The standard InChI is InChI=1S/C10H10N2O.HI/c1-11-5-6-12(8-11)9-3-2-4-10(13)7-9;/h2-8H,1H3;1H/p+1. The molecule has 1 aromatic heterocycles. The van der Waals surface area contributed by atoms with E-state index in [2.05, 4.69) is 0 Å². The molecule has 0 fully saturated rings. The lowest BCUT2D eigenvalue weighted by Gasteiger charge is -1.95. The van der Waals surface area contributed by atoms with Gasteiger partial charge in [-0.1, -0.05) is 6.07 Å². The van der Waals surface area contributed by atoms with Gasteiger partial charge >= 0.3 is 0 Å². The van der Waals surface area contributed by atoms with Crippen molar-refractivity contribution >= 4 is 24.0 Å². The van der Waals surface area contributed by atoms with Crippen LogP contribution in [0.3, 0.4) is 0 Å². The molecule has 0 aliphatic rings. The second-order valence-corrected chi connectivity index (χ2v) is 3.01. The molecule has 2 aromatic rings. The van der Waals surface area contributed by atoms with Crippen LogP contribution in [0.25, 0.3) is 5.69 Å². The Hall–Kier alpha value is -1.04. The van der Waals surface area contributed by atoms with E-state index in [-0.39, 0.29) is 29.7 Å². The van der Waals surface area contributed by atoms with Crippen LogP contribution in [0.1, 0.15) is 0 Å². The molecular formula is C10H12IN2O+. The predicted octanol–water partition coefficient (Wildman–Crippen LogP) is 1.63. The Morgan fingerprint density at radius 2 is 2.14 bits per heavy atom. The molecular weight excluding hydrogens is 291 g/mol. The van der Waals surface area contributed by atoms with E-state index in [9.17, 15) is 5.11 Å². The van der Waals surface area contributed by atoms with Gasteiger partial charge in [-0.15, -0.1) is 24.0 Å². The molecule has 0 aliphatic carbocycles. The highest BCUT2D eigenvalue weighted by atomic mass is 127. The summed E-state index contributed by atoms with van der Waals surface area (Å²) in [5.74, 6) is 0.286. The average molecular weight is 303 g/mol. The molecule has 1 heterocycles. The minimum atomic E-state index is 0. The molecule has 0 amide bonds. The quantitative estimate of drug-likeness (QED) is 0.629. The van der Waals surface area contributed by atoms with E-state index in [1.807, 2.05) is 47.0 Å². The van der Waals surface area contributed by atoms with Crippen molar-refractivity contribution in [2.24, 2.45) is 7.05 Å². The second-order valence-electron chi connectivity index (χ2n) is 3.01. The van der Waals surface area contributed by atoms with E-state index in [0.717, 1.165) is 5.69 Å². The van der Waals surface area contributed by atoms with Gasteiger partial charge in [0.05, 0.1) is 7.05 Å². The fourth-order valence-electron chi connectivity index (χ4n) is 1.26. The van der Waals surface area contributed by atoms with Gasteiger partial charge in [-0.3, -0.25) is 0 Å². The summed E-state index contributed by atoms with van der Waals surface area (Å²) in [5.41, 5.74) is 0.959. The number of hydrogen-bond acceptors (Lipinski definition) is 1. The van der Waals surface area contributed by atoms with Crippen LogP contribution in [0.5, 0.6) is 5.75 Å². The number of hydrogen-bond donors (Lipinski definition) is 1. The van der Waals surface area contributed by atoms with Gasteiger partial charge in [-0.2, -0.15) is 0 Å². The highest BCUT2D eigenvalue weighted by molar-refractivity contribution is 14.0. The number of aromatic nitrogens is 2. The Kier molecular flexibility index (Phi) is 3.51. The smallest absolute Gasteiger partial charge is 0.248 e. The number of aryl methyl sites for hydroxylation is 1. The Morgan fingerprint density at radius 3 is 2.71 bits per heavy atom. The number of benzene rings is 1. The first-order chi connectivity index (χ1) is 6.25. The van der Waals surface area contributed by atoms with Crippen molar-refractivity contribution in [1.29, 1.82) is 0 Å². The van der Waals surface area contributed by atoms with Crippen LogP contribution in [0.2, 0.25) is 0 Å². The Balaban J connectivity index is 0.000000980. The third-order valence-corrected chi connectivity index (χ3v) is 1.90. The van der Waals surface area contributed by atoms with Crippen LogP contribution in [0.15, 0.2) is 43.0 Å². The largest absolute Gasteiger partial charge is 0.508 e. The SMILES string of the molecule is C[n+]1ccn(-c2cccc(O)c2)c1.I. The minimum absolute atomic E-state index is 0. The van der Waals surface area contributed by atoms with Gasteiger partial charge in [0, 0.05) is 6.07 Å². The molecule has 1 aromatic carbocycles. The Labute approximate surface area is 99.6 Å². The first-order valence-corrected chi connectivity index (χ1v) is 4.08. The van der Waals surface area contributed by atoms with E-state index in [1.54, 1.807) is 12.1 Å². The van der Waals surface area contributed by atoms with Crippen molar-refractivity contribution in [3.8, 4) is 11.4 Å². The molecule has 0 spiro atoms. The van der Waals surface area contributed by atoms with Crippen molar-refractivity contribution in [3.63, 3.8) is 0 Å². The lowest BCUT2D eigenvalue weighted by molar-refractivity contribution is -0.670. The Morgan fingerprint density at radius 1 is 1.36 bits per heavy atom. The number of phenols is 1. The van der Waals surface area contributed by atoms with Crippen LogP contribution < -0.4 is 4.57 Å². The zero-order valence-electron chi connectivity index (χ0n) is 7.79. The van der Waals surface area contributed by atoms with Gasteiger partial charge in [0.2, 0.25) is 6.33 Å². The van der Waals surface area contributed by atoms with Gasteiger partial charge in [0.1, 0.15) is 23.8 Å². The Bertz CT molecular complexity index is 426. The maximum absolute atomic E-state index is 9.26. The number of nitrogens with zero attached hydrogens (tertiary/aromatic N) is 2. The summed E-state index contributed by atoms with van der Waals surface area (Å²) >= 11 is 0. The third-order valence-electron chi connectivity index (χ3n) is 1.90. The maximum Gasteiger partial charge on any atom is 0.248 e. The molecule has 74 valence electrons. The molecule has 4 heteroatoms. The maximum atomic E-state index is 9.26.